The summed E-state index contributed by atoms with van der Waals surface area (Å²) < 4.78 is 0. The van der Waals surface area contributed by atoms with Gasteiger partial charge in [-0.3, -0.25) is 0 Å². The number of para-hydroxylation sites is 2. The van der Waals surface area contributed by atoms with Crippen molar-refractivity contribution in [2.45, 2.75) is 0 Å². The van der Waals surface area contributed by atoms with E-state index in [1.807, 2.05) is 0 Å². The maximum atomic E-state index is 4.74. The highest BCUT2D eigenvalue weighted by atomic mass is 31.0. The van der Waals surface area contributed by atoms with Crippen LogP contribution in [-0.4, -0.2) is 4.98 Å². The largest absolute Gasteiger partial charge is 0.246 e. The van der Waals surface area contributed by atoms with Gasteiger partial charge in [0.1, 0.15) is 0 Å². The maximum absolute atomic E-state index is 4.74. The molecule has 3 rings (SSSR count). The minimum atomic E-state index is 1.06. The quantitative estimate of drug-likeness (QED) is 0.436. The Morgan fingerprint density at radius 3 is 1.75 bits per heavy atom. The van der Waals surface area contributed by atoms with Crippen LogP contribution in [0.2, 0.25) is 0 Å². The molecule has 16 heavy (non-hydrogen) atoms. The van der Waals surface area contributed by atoms with E-state index in [2.05, 4.69) is 60.9 Å². The van der Waals surface area contributed by atoms with E-state index in [1.165, 1.54) is 10.8 Å². The molecule has 0 spiro atoms. The third-order valence-electron chi connectivity index (χ3n) is 2.73. The Bertz CT molecular complexity index is 635. The van der Waals surface area contributed by atoms with Gasteiger partial charge in [-0.1, -0.05) is 36.4 Å². The van der Waals surface area contributed by atoms with Crippen molar-refractivity contribution < 1.29 is 0 Å². The summed E-state index contributed by atoms with van der Waals surface area (Å²) in [5, 5.41) is 4.67. The van der Waals surface area contributed by atoms with Crippen molar-refractivity contribution in [3.05, 3.63) is 42.5 Å². The number of nitrogens with zero attached hydrogens (tertiary/aromatic N) is 1. The summed E-state index contributed by atoms with van der Waals surface area (Å²) in [5.41, 5.74) is 2.13. The number of aromatic nitrogens is 1. The van der Waals surface area contributed by atoms with E-state index in [0.717, 1.165) is 21.6 Å². The number of rotatable bonds is 0. The van der Waals surface area contributed by atoms with Crippen LogP contribution in [0.15, 0.2) is 42.5 Å². The summed E-state index contributed by atoms with van der Waals surface area (Å²) in [6.07, 6.45) is 0. The highest BCUT2D eigenvalue weighted by Gasteiger charge is 2.03. The number of fused-ring (bicyclic) bond motifs is 2. The van der Waals surface area contributed by atoms with Crippen molar-refractivity contribution in [3.63, 3.8) is 0 Å². The predicted molar refractivity (Wildman–Crippen MR) is 77.9 cm³/mol. The first kappa shape index (κ1) is 10.1. The van der Waals surface area contributed by atoms with Gasteiger partial charge in [0.05, 0.1) is 11.0 Å². The Labute approximate surface area is 98.7 Å². The average Bonchev–Trinajstić information content (AvgIpc) is 2.28. The molecular weight excluding hydrogens is 232 g/mol. The molecule has 0 amide bonds. The van der Waals surface area contributed by atoms with E-state index in [-0.39, 0.29) is 0 Å². The van der Waals surface area contributed by atoms with Crippen LogP contribution in [0.25, 0.3) is 21.8 Å². The van der Waals surface area contributed by atoms with E-state index in [9.17, 15) is 0 Å². The Morgan fingerprint density at radius 1 is 0.750 bits per heavy atom. The van der Waals surface area contributed by atoms with Crippen LogP contribution in [0.5, 0.6) is 0 Å². The zero-order valence-electron chi connectivity index (χ0n) is 8.64. The van der Waals surface area contributed by atoms with Crippen molar-refractivity contribution in [3.8, 4) is 0 Å². The normalized spacial score (nSPS) is 11.1. The van der Waals surface area contributed by atoms with Gasteiger partial charge in [0.25, 0.3) is 0 Å². The topological polar surface area (TPSA) is 12.9 Å². The van der Waals surface area contributed by atoms with Gasteiger partial charge in [-0.15, -0.1) is 18.5 Å². The van der Waals surface area contributed by atoms with Crippen molar-refractivity contribution in [2.24, 2.45) is 0 Å². The first-order valence-electron chi connectivity index (χ1n) is 5.09. The maximum Gasteiger partial charge on any atom is 0.0781 e. The van der Waals surface area contributed by atoms with E-state index >= 15 is 0 Å². The number of hydrogen-bond donors (Lipinski definition) is 0. The van der Waals surface area contributed by atoms with Gasteiger partial charge in [-0.2, -0.15) is 0 Å². The molecular formula is C13H11NP2. The molecule has 3 heteroatoms. The van der Waals surface area contributed by atoms with E-state index < -0.39 is 0 Å². The lowest BCUT2D eigenvalue weighted by atomic mass is 10.1. The van der Waals surface area contributed by atoms with Gasteiger partial charge in [-0.05, 0) is 16.7 Å². The fraction of sp³-hybridized carbons (Fsp3) is 0. The van der Waals surface area contributed by atoms with E-state index in [1.54, 1.807) is 0 Å². The van der Waals surface area contributed by atoms with Gasteiger partial charge >= 0.3 is 0 Å². The highest BCUT2D eigenvalue weighted by Crippen LogP contribution is 2.19. The van der Waals surface area contributed by atoms with Crippen LogP contribution in [0.3, 0.4) is 0 Å². The molecule has 2 aromatic carbocycles. The van der Waals surface area contributed by atoms with Crippen molar-refractivity contribution in [2.75, 3.05) is 0 Å². The van der Waals surface area contributed by atoms with E-state index in [0.29, 0.717) is 0 Å². The third-order valence-corrected chi connectivity index (χ3v) is 3.66. The second kappa shape index (κ2) is 3.77. The van der Waals surface area contributed by atoms with Crippen LogP contribution in [0, 0.1) is 0 Å². The summed E-state index contributed by atoms with van der Waals surface area (Å²) in [5.74, 6) is 0. The molecule has 1 aromatic heterocycles. The Kier molecular flexibility index (Phi) is 2.39. The smallest absolute Gasteiger partial charge is 0.0781 e. The third kappa shape index (κ3) is 1.52. The van der Waals surface area contributed by atoms with Crippen LogP contribution in [0.1, 0.15) is 0 Å². The summed E-state index contributed by atoms with van der Waals surface area (Å²) in [4.78, 5) is 4.74. The first-order valence-corrected chi connectivity index (χ1v) is 6.24. The second-order valence-corrected chi connectivity index (χ2v) is 5.07. The molecule has 0 N–H and O–H groups in total. The number of hydrogen-bond acceptors (Lipinski definition) is 1. The first-order chi connectivity index (χ1) is 7.75. The minimum absolute atomic E-state index is 1.06. The molecule has 0 saturated heterocycles. The van der Waals surface area contributed by atoms with Crippen molar-refractivity contribution in [1.82, 2.24) is 4.98 Å². The highest BCUT2D eigenvalue weighted by molar-refractivity contribution is 7.28. The van der Waals surface area contributed by atoms with Gasteiger partial charge in [0.15, 0.2) is 0 Å². The summed E-state index contributed by atoms with van der Waals surface area (Å²) in [6, 6.07) is 14.6. The number of pyridine rings is 1. The molecule has 2 unspecified atom stereocenters. The molecule has 1 nitrogen and oxygen atoms in total. The fourth-order valence-electron chi connectivity index (χ4n) is 1.93. The molecule has 1 heterocycles. The molecule has 0 aliphatic carbocycles. The standard InChI is InChI=1S/C13H11NP2/c15-10-5-1-3-8-7-9-4-2-6-11(16)13(9)14-12(8)10/h1-7H,15-16H2. The zero-order chi connectivity index (χ0) is 11.1. The number of benzene rings is 2. The molecule has 0 bridgehead atoms. The lowest BCUT2D eigenvalue weighted by molar-refractivity contribution is 1.53. The molecule has 0 radical (unpaired) electrons. The Balaban J connectivity index is 2.55. The van der Waals surface area contributed by atoms with Crippen LogP contribution in [-0.2, 0) is 0 Å². The average molecular weight is 243 g/mol. The van der Waals surface area contributed by atoms with Crippen molar-refractivity contribution >= 4 is 50.9 Å². The molecule has 3 aromatic rings. The summed E-state index contributed by atoms with van der Waals surface area (Å²) >= 11 is 0. The molecule has 0 aliphatic heterocycles. The fourth-order valence-corrected chi connectivity index (χ4v) is 2.62. The molecule has 0 saturated carbocycles. The Morgan fingerprint density at radius 2 is 1.25 bits per heavy atom. The SMILES string of the molecule is Pc1cccc2cc3cccc(P)c3nc12. The van der Waals surface area contributed by atoms with Gasteiger partial charge in [0, 0.05) is 10.8 Å². The van der Waals surface area contributed by atoms with Crippen LogP contribution >= 0.6 is 18.5 Å². The molecule has 78 valence electrons. The monoisotopic (exact) mass is 243 g/mol. The Hall–Kier alpha value is -1.03. The van der Waals surface area contributed by atoms with Crippen LogP contribution in [0.4, 0.5) is 0 Å². The van der Waals surface area contributed by atoms with Gasteiger partial charge < -0.3 is 0 Å². The lowest BCUT2D eigenvalue weighted by Crippen LogP contribution is -2.00. The van der Waals surface area contributed by atoms with Gasteiger partial charge in [-0.25, -0.2) is 4.98 Å². The van der Waals surface area contributed by atoms with Crippen LogP contribution < -0.4 is 10.6 Å². The summed E-state index contributed by atoms with van der Waals surface area (Å²) in [7, 11) is 5.48. The lowest BCUT2D eigenvalue weighted by Gasteiger charge is -2.05. The van der Waals surface area contributed by atoms with Gasteiger partial charge in [0.2, 0.25) is 0 Å². The minimum Gasteiger partial charge on any atom is -0.246 e. The van der Waals surface area contributed by atoms with Crippen molar-refractivity contribution in [1.29, 1.82) is 0 Å². The molecule has 0 fully saturated rings. The van der Waals surface area contributed by atoms with E-state index in [4.69, 9.17) is 4.98 Å². The predicted octanol–water partition coefficient (Wildman–Crippen LogP) is 2.39. The zero-order valence-corrected chi connectivity index (χ0v) is 11.0. The molecule has 0 aliphatic rings. The second-order valence-electron chi connectivity index (χ2n) is 3.83. The molecule has 2 atom stereocenters. The summed E-state index contributed by atoms with van der Waals surface area (Å²) in [6.45, 7) is 0.